The normalized spacial score (nSPS) is 14.9. The predicted molar refractivity (Wildman–Crippen MR) is 499 cm³/mol. The molecule has 0 bridgehead atoms. The third-order valence-corrected chi connectivity index (χ3v) is 37.2. The van der Waals surface area contributed by atoms with E-state index in [0.717, 1.165) is 18.5 Å². The van der Waals surface area contributed by atoms with Crippen molar-refractivity contribution < 1.29 is 0 Å². The summed E-state index contributed by atoms with van der Waals surface area (Å²) in [5.74, 6) is 0.0285. The van der Waals surface area contributed by atoms with E-state index in [4.69, 9.17) is 0 Å². The van der Waals surface area contributed by atoms with Crippen LogP contribution in [0.4, 0.5) is 0 Å². The van der Waals surface area contributed by atoms with Gasteiger partial charge in [-0.05, 0) is 245 Å². The molecule has 0 amide bonds. The minimum absolute atomic E-state index is 0.0188. The first kappa shape index (κ1) is 68.4. The number of benzene rings is 18. The molecule has 1 spiro atoms. The molecule has 18 aromatic carbocycles. The van der Waals surface area contributed by atoms with Crippen LogP contribution in [0.15, 0.2) is 413 Å². The Hall–Kier alpha value is -14.0. The highest BCUT2D eigenvalue weighted by Gasteiger charge is 2.51. The third kappa shape index (κ3) is 10.0. The maximum Gasteiger partial charge on any atom is 0.180 e. The first-order valence-electron chi connectivity index (χ1n) is 41.8. The first-order chi connectivity index (χ1) is 58.4. The van der Waals surface area contributed by atoms with Crippen molar-refractivity contribution in [3.05, 3.63) is 479 Å². The van der Waals surface area contributed by atoms with Gasteiger partial charge in [0.15, 0.2) is 16.1 Å². The standard InChI is InChI=1S/C114H80N2Si2/c1-73-64-82(115-104-49-23-20-41-94(104)95-42-21-24-50-105(95)115)58-61-88(73)89-62-59-83(65-74(89)2)116-106-51-25-22-46-101(106)114-99(48-28-52-107(114)116)93-47-29-55-111-103(93)72-78-31-13-27-54-109(78)118(111)108-53-26-12-30-77(108)67-79-66-75(57-63-110(79)118)76-56-60-100-102(71-76)92-40-16-19-45-98(92)113(100)81-68-80(112-96-43-17-14-38-90(96)91-39-15-18-44-97(91)112)69-87(70-81)117(84-32-6-3-7-33-84,85-34-8-4-9-35-85)86-36-10-5-11-37-86/h3-66,68-71,112-113H,67,72H2,1-2H3. The summed E-state index contributed by atoms with van der Waals surface area (Å²) < 4.78 is 4.94. The lowest BCUT2D eigenvalue weighted by Crippen LogP contribution is -2.79. The summed E-state index contributed by atoms with van der Waals surface area (Å²) in [5.41, 5.74) is 36.4. The fourth-order valence-electron chi connectivity index (χ4n) is 22.5. The average Bonchev–Trinajstić information content (AvgIpc) is 0.858. The van der Waals surface area contributed by atoms with Crippen LogP contribution in [0.3, 0.4) is 0 Å². The Kier molecular flexibility index (Phi) is 15.5. The Labute approximate surface area is 690 Å². The zero-order chi connectivity index (χ0) is 77.9. The Morgan fingerprint density at radius 1 is 0.254 bits per heavy atom. The van der Waals surface area contributed by atoms with E-state index >= 15 is 0 Å². The van der Waals surface area contributed by atoms with Crippen LogP contribution in [-0.2, 0) is 12.8 Å². The van der Waals surface area contributed by atoms with Crippen LogP contribution in [0.1, 0.15) is 78.6 Å². The summed E-state index contributed by atoms with van der Waals surface area (Å²) in [6.07, 6.45) is 1.71. The Balaban J connectivity index is 0.632. The van der Waals surface area contributed by atoms with Crippen LogP contribution in [0.5, 0.6) is 0 Å². The van der Waals surface area contributed by atoms with E-state index in [1.54, 1.807) is 0 Å². The van der Waals surface area contributed by atoms with Gasteiger partial charge in [-0.2, -0.15) is 0 Å². The Bertz CT molecular complexity index is 7340. The van der Waals surface area contributed by atoms with Gasteiger partial charge in [-0.25, -0.2) is 0 Å². The first-order valence-corrected chi connectivity index (χ1v) is 45.8. The van der Waals surface area contributed by atoms with E-state index in [1.165, 1.54) is 213 Å². The molecule has 2 aromatic heterocycles. The van der Waals surface area contributed by atoms with E-state index in [2.05, 4.69) is 435 Å². The molecule has 24 rings (SSSR count). The van der Waals surface area contributed by atoms with E-state index < -0.39 is 16.1 Å². The second kappa shape index (κ2) is 26.8. The minimum Gasteiger partial charge on any atom is -0.309 e. The zero-order valence-electron chi connectivity index (χ0n) is 65.7. The second-order valence-electron chi connectivity index (χ2n) is 33.2. The van der Waals surface area contributed by atoms with Crippen LogP contribution in [0.25, 0.3) is 111 Å². The summed E-state index contributed by atoms with van der Waals surface area (Å²) in [6, 6.07) is 160. The van der Waals surface area contributed by atoms with Crippen molar-refractivity contribution in [2.75, 3.05) is 0 Å². The summed E-state index contributed by atoms with van der Waals surface area (Å²) in [7, 11) is -6.09. The summed E-state index contributed by atoms with van der Waals surface area (Å²) in [4.78, 5) is 0. The lowest BCUT2D eigenvalue weighted by atomic mass is 9.84. The maximum atomic E-state index is 2.65. The molecule has 118 heavy (non-hydrogen) atoms. The second-order valence-corrected chi connectivity index (χ2v) is 40.7. The van der Waals surface area contributed by atoms with Gasteiger partial charge in [0.25, 0.3) is 0 Å². The van der Waals surface area contributed by atoms with Crippen molar-refractivity contribution in [2.45, 2.75) is 38.5 Å². The van der Waals surface area contributed by atoms with Crippen molar-refractivity contribution in [3.8, 4) is 67.0 Å². The number of nitrogens with zero attached hydrogens (tertiary/aromatic N) is 2. The lowest BCUT2D eigenvalue weighted by Gasteiger charge is -2.45. The highest BCUT2D eigenvalue weighted by molar-refractivity contribution is 7.21. The number of hydrogen-bond acceptors (Lipinski definition) is 0. The lowest BCUT2D eigenvalue weighted by molar-refractivity contribution is 0.975. The number of fused-ring (bicyclic) bond motifs is 20. The van der Waals surface area contributed by atoms with Crippen LogP contribution in [-0.4, -0.2) is 25.3 Å². The van der Waals surface area contributed by atoms with Crippen molar-refractivity contribution in [1.82, 2.24) is 9.13 Å². The van der Waals surface area contributed by atoms with Crippen molar-refractivity contribution in [3.63, 3.8) is 0 Å². The van der Waals surface area contributed by atoms with Gasteiger partial charge in [0.2, 0.25) is 0 Å². The quantitative estimate of drug-likeness (QED) is 0.0902. The maximum absolute atomic E-state index is 3.05. The predicted octanol–water partition coefficient (Wildman–Crippen LogP) is 22.4. The molecule has 0 fully saturated rings. The SMILES string of the molecule is Cc1cc(-n2c3ccccc3c3ccccc32)ccc1-c1ccc(-n2c3ccccc3c3c(-c4cccc5c4Cc4ccccc4[Si]54c5ccccc5Cc5cc(-c6ccc7c(c6)-c6ccccc6C7c6cc(C7c8ccccc8-c8ccccc87)cc([Si](c7ccccc7)(c7ccccc7)c7ccccc7)c6)ccc54)cccc32)cc1C. The van der Waals surface area contributed by atoms with Gasteiger partial charge >= 0.3 is 0 Å². The van der Waals surface area contributed by atoms with Gasteiger partial charge in [-0.15, -0.1) is 0 Å². The van der Waals surface area contributed by atoms with Gasteiger partial charge in [-0.3, -0.25) is 0 Å². The molecule has 2 nitrogen and oxygen atoms in total. The van der Waals surface area contributed by atoms with Crippen LogP contribution in [0.2, 0.25) is 0 Å². The molecule has 0 radical (unpaired) electrons. The smallest absolute Gasteiger partial charge is 0.180 e. The van der Waals surface area contributed by atoms with Gasteiger partial charge in [0.05, 0.1) is 22.1 Å². The average molecular weight is 1530 g/mol. The van der Waals surface area contributed by atoms with Gasteiger partial charge in [-0.1, -0.05) is 358 Å². The molecule has 4 aliphatic rings. The third-order valence-electron chi connectivity index (χ3n) is 27.3. The minimum atomic E-state index is -3.05. The molecule has 4 heterocycles. The van der Waals surface area contributed by atoms with Crippen molar-refractivity contribution >= 4 is 101 Å². The molecule has 0 saturated carbocycles. The molecule has 554 valence electrons. The molecular formula is C114H80N2Si2. The molecule has 20 aromatic rings. The fourth-order valence-corrected chi connectivity index (χ4v) is 33.0. The number of hydrogen-bond donors (Lipinski definition) is 0. The molecular weight excluding hydrogens is 1450 g/mol. The van der Waals surface area contributed by atoms with E-state index in [0.29, 0.717) is 0 Å². The van der Waals surface area contributed by atoms with E-state index in [1.807, 2.05) is 0 Å². The van der Waals surface area contributed by atoms with E-state index in [9.17, 15) is 0 Å². The topological polar surface area (TPSA) is 9.86 Å². The number of aromatic nitrogens is 2. The molecule has 0 N–H and O–H groups in total. The van der Waals surface area contributed by atoms with Gasteiger partial charge in [0, 0.05) is 44.8 Å². The van der Waals surface area contributed by atoms with Crippen LogP contribution in [0, 0.1) is 13.8 Å². The summed E-state index contributed by atoms with van der Waals surface area (Å²) >= 11 is 0. The van der Waals surface area contributed by atoms with Gasteiger partial charge < -0.3 is 9.13 Å². The monoisotopic (exact) mass is 1530 g/mol. The molecule has 2 unspecified atom stereocenters. The number of para-hydroxylation sites is 3. The number of rotatable bonds is 11. The zero-order valence-corrected chi connectivity index (χ0v) is 67.7. The molecule has 2 atom stereocenters. The highest BCUT2D eigenvalue weighted by Crippen LogP contribution is 2.53. The Morgan fingerprint density at radius 3 is 1.23 bits per heavy atom. The molecule has 2 aliphatic heterocycles. The molecule has 0 saturated heterocycles. The van der Waals surface area contributed by atoms with Gasteiger partial charge in [0.1, 0.15) is 0 Å². The number of aryl methyl sites for hydroxylation is 2. The largest absolute Gasteiger partial charge is 0.309 e. The van der Waals surface area contributed by atoms with Crippen molar-refractivity contribution in [2.24, 2.45) is 0 Å². The van der Waals surface area contributed by atoms with Crippen molar-refractivity contribution in [1.29, 1.82) is 0 Å². The van der Waals surface area contributed by atoms with Crippen LogP contribution >= 0.6 is 0 Å². The highest BCUT2D eigenvalue weighted by atomic mass is 28.3. The summed E-state index contributed by atoms with van der Waals surface area (Å²) in [6.45, 7) is 4.56. The molecule has 2 aliphatic carbocycles. The van der Waals surface area contributed by atoms with Crippen LogP contribution < -0.4 is 41.5 Å². The summed E-state index contributed by atoms with van der Waals surface area (Å²) in [5, 5.41) is 16.6. The molecule has 4 heteroatoms. The van der Waals surface area contributed by atoms with E-state index in [-0.39, 0.29) is 11.8 Å². The fraction of sp³-hybridized carbons (Fsp3) is 0.0526. The Morgan fingerprint density at radius 2 is 0.661 bits per heavy atom.